The maximum absolute atomic E-state index is 11.8. The lowest BCUT2D eigenvalue weighted by Gasteiger charge is -2.08. The first-order chi connectivity index (χ1) is 12.6. The van der Waals surface area contributed by atoms with Crippen LogP contribution in [0.1, 0.15) is 18.1 Å². The minimum Gasteiger partial charge on any atom is -0.311 e. The Balaban J connectivity index is 2.14. The molecule has 4 heteroatoms. The molecule has 0 bridgehead atoms. The monoisotopic (exact) mass is 344 g/mol. The van der Waals surface area contributed by atoms with Crippen molar-refractivity contribution < 1.29 is 4.79 Å². The SMILES string of the molecule is C=C/C(=C\C(=C/C)C(=O)C#N)Cc1ccc(Cn2ccccc2=O)cc1. The Hall–Kier alpha value is -3.45. The first-order valence-corrected chi connectivity index (χ1v) is 8.24. The van der Waals surface area contributed by atoms with Gasteiger partial charge in [-0.05, 0) is 42.2 Å². The number of hydrogen-bond donors (Lipinski definition) is 0. The normalized spacial score (nSPS) is 11.7. The highest BCUT2D eigenvalue weighted by molar-refractivity contribution is 6.09. The Morgan fingerprint density at radius 1 is 1.19 bits per heavy atom. The smallest absolute Gasteiger partial charge is 0.261 e. The number of aromatic nitrogens is 1. The molecule has 130 valence electrons. The molecule has 0 unspecified atom stereocenters. The van der Waals surface area contributed by atoms with Gasteiger partial charge in [-0.3, -0.25) is 9.59 Å². The van der Waals surface area contributed by atoms with Crippen molar-refractivity contribution >= 4 is 5.78 Å². The molecule has 0 spiro atoms. The summed E-state index contributed by atoms with van der Waals surface area (Å²) in [6.07, 6.45) is 7.36. The van der Waals surface area contributed by atoms with Crippen LogP contribution in [0.2, 0.25) is 0 Å². The first-order valence-electron chi connectivity index (χ1n) is 8.24. The summed E-state index contributed by atoms with van der Waals surface area (Å²) in [5.74, 6) is -0.560. The maximum atomic E-state index is 11.8. The summed E-state index contributed by atoms with van der Waals surface area (Å²) >= 11 is 0. The number of rotatable bonds is 7. The molecule has 0 aliphatic carbocycles. The largest absolute Gasteiger partial charge is 0.311 e. The van der Waals surface area contributed by atoms with Crippen LogP contribution in [0.25, 0.3) is 0 Å². The van der Waals surface area contributed by atoms with E-state index in [4.69, 9.17) is 5.26 Å². The van der Waals surface area contributed by atoms with Crippen molar-refractivity contribution in [3.05, 3.63) is 106 Å². The zero-order chi connectivity index (χ0) is 18.9. The van der Waals surface area contributed by atoms with Crippen LogP contribution < -0.4 is 5.56 Å². The Bertz CT molecular complexity index is 955. The lowest BCUT2D eigenvalue weighted by molar-refractivity contribution is -0.110. The van der Waals surface area contributed by atoms with E-state index in [1.54, 1.807) is 48.1 Å². The zero-order valence-corrected chi connectivity index (χ0v) is 14.7. The second kappa shape index (κ2) is 9.14. The number of Topliss-reactive ketones (excluding diaryl/α,β-unsaturated/α-hetero) is 1. The van der Waals surface area contributed by atoms with E-state index in [2.05, 4.69) is 6.58 Å². The molecule has 0 aliphatic heterocycles. The van der Waals surface area contributed by atoms with E-state index in [0.717, 1.165) is 16.7 Å². The van der Waals surface area contributed by atoms with E-state index in [9.17, 15) is 9.59 Å². The summed E-state index contributed by atoms with van der Waals surface area (Å²) in [7, 11) is 0. The predicted octanol–water partition coefficient (Wildman–Crippen LogP) is 3.59. The van der Waals surface area contributed by atoms with Crippen molar-refractivity contribution in [2.75, 3.05) is 0 Å². The van der Waals surface area contributed by atoms with Gasteiger partial charge in [-0.25, -0.2) is 0 Å². The summed E-state index contributed by atoms with van der Waals surface area (Å²) in [6.45, 7) is 6.03. The lowest BCUT2D eigenvalue weighted by Crippen LogP contribution is -2.18. The van der Waals surface area contributed by atoms with Crippen molar-refractivity contribution in [3.63, 3.8) is 0 Å². The van der Waals surface area contributed by atoms with Gasteiger partial charge in [0.25, 0.3) is 11.3 Å². The first kappa shape index (κ1) is 18.9. The van der Waals surface area contributed by atoms with E-state index < -0.39 is 5.78 Å². The van der Waals surface area contributed by atoms with Crippen molar-refractivity contribution in [2.45, 2.75) is 19.9 Å². The molecule has 0 saturated carbocycles. The third-order valence-electron chi connectivity index (χ3n) is 3.96. The summed E-state index contributed by atoms with van der Waals surface area (Å²) < 4.78 is 1.65. The quantitative estimate of drug-likeness (QED) is 0.438. The fraction of sp³-hybridized carbons (Fsp3) is 0.136. The molecule has 0 N–H and O–H groups in total. The van der Waals surface area contributed by atoms with Crippen molar-refractivity contribution in [1.82, 2.24) is 4.57 Å². The van der Waals surface area contributed by atoms with Crippen LogP contribution in [0, 0.1) is 11.3 Å². The molecule has 0 aliphatic rings. The van der Waals surface area contributed by atoms with E-state index in [0.29, 0.717) is 18.5 Å². The van der Waals surface area contributed by atoms with Gasteiger partial charge in [0.15, 0.2) is 0 Å². The fourth-order valence-electron chi connectivity index (χ4n) is 2.51. The second-order valence-corrected chi connectivity index (χ2v) is 5.77. The van der Waals surface area contributed by atoms with Crippen LogP contribution >= 0.6 is 0 Å². The number of carbonyl (C=O) groups excluding carboxylic acids is 1. The van der Waals surface area contributed by atoms with Crippen molar-refractivity contribution in [1.29, 1.82) is 5.26 Å². The van der Waals surface area contributed by atoms with Gasteiger partial charge in [-0.2, -0.15) is 5.26 Å². The summed E-state index contributed by atoms with van der Waals surface area (Å²) in [5, 5.41) is 8.76. The van der Waals surface area contributed by atoms with Gasteiger partial charge in [0.05, 0.1) is 6.54 Å². The second-order valence-electron chi connectivity index (χ2n) is 5.77. The van der Waals surface area contributed by atoms with Crippen LogP contribution in [0.15, 0.2) is 89.4 Å². The number of nitrogens with zero attached hydrogens (tertiary/aromatic N) is 2. The molecular weight excluding hydrogens is 324 g/mol. The Morgan fingerprint density at radius 2 is 1.88 bits per heavy atom. The Morgan fingerprint density at radius 3 is 2.46 bits per heavy atom. The molecule has 2 rings (SSSR count). The zero-order valence-electron chi connectivity index (χ0n) is 14.7. The molecule has 0 saturated heterocycles. The highest BCUT2D eigenvalue weighted by Crippen LogP contribution is 2.14. The van der Waals surface area contributed by atoms with Crippen LogP contribution in [-0.4, -0.2) is 10.4 Å². The number of benzene rings is 1. The van der Waals surface area contributed by atoms with Crippen LogP contribution in [-0.2, 0) is 17.8 Å². The van der Waals surface area contributed by atoms with Gasteiger partial charge in [0.2, 0.25) is 0 Å². The standard InChI is InChI=1S/C22H20N2O2/c1-3-17(14-20(4-2)21(25)15-23)13-18-8-10-19(11-9-18)16-24-12-6-5-7-22(24)26/h3-12,14H,1,13,16H2,2H3/b17-14+,20-4+. The minimum absolute atomic E-state index is 0.0329. The molecule has 1 heterocycles. The minimum atomic E-state index is -0.560. The van der Waals surface area contributed by atoms with Gasteiger partial charge >= 0.3 is 0 Å². The highest BCUT2D eigenvalue weighted by atomic mass is 16.1. The van der Waals surface area contributed by atoms with Gasteiger partial charge in [-0.15, -0.1) is 0 Å². The average Bonchev–Trinajstić information content (AvgIpc) is 2.67. The van der Waals surface area contributed by atoms with Crippen LogP contribution in [0.5, 0.6) is 0 Å². The molecule has 1 aromatic carbocycles. The number of nitriles is 1. The highest BCUT2D eigenvalue weighted by Gasteiger charge is 2.06. The number of hydrogen-bond acceptors (Lipinski definition) is 3. The molecule has 26 heavy (non-hydrogen) atoms. The molecular formula is C22H20N2O2. The third-order valence-corrected chi connectivity index (χ3v) is 3.96. The lowest BCUT2D eigenvalue weighted by atomic mass is 10.00. The molecule has 0 amide bonds. The third kappa shape index (κ3) is 5.02. The van der Waals surface area contributed by atoms with E-state index in [1.165, 1.54) is 6.07 Å². The summed E-state index contributed by atoms with van der Waals surface area (Å²) in [5.41, 5.74) is 3.27. The molecule has 0 radical (unpaired) electrons. The molecule has 1 aromatic heterocycles. The number of allylic oxidation sites excluding steroid dienone is 5. The van der Waals surface area contributed by atoms with Crippen LogP contribution in [0.3, 0.4) is 0 Å². The van der Waals surface area contributed by atoms with E-state index >= 15 is 0 Å². The fourth-order valence-corrected chi connectivity index (χ4v) is 2.51. The van der Waals surface area contributed by atoms with Crippen molar-refractivity contribution in [3.8, 4) is 6.07 Å². The van der Waals surface area contributed by atoms with Gasteiger partial charge in [0.1, 0.15) is 6.07 Å². The molecule has 0 atom stereocenters. The van der Waals surface area contributed by atoms with Gasteiger partial charge in [-0.1, -0.05) is 49.1 Å². The number of pyridine rings is 1. The Labute approximate surface area is 153 Å². The summed E-state index contributed by atoms with van der Waals surface area (Å²) in [4.78, 5) is 23.3. The van der Waals surface area contributed by atoms with E-state index in [1.807, 2.05) is 30.3 Å². The molecule has 4 nitrogen and oxygen atoms in total. The van der Waals surface area contributed by atoms with Crippen molar-refractivity contribution in [2.24, 2.45) is 0 Å². The number of ketones is 1. The Kier molecular flexibility index (Phi) is 6.64. The maximum Gasteiger partial charge on any atom is 0.261 e. The summed E-state index contributed by atoms with van der Waals surface area (Å²) in [6, 6.07) is 14.7. The van der Waals surface area contributed by atoms with Gasteiger partial charge < -0.3 is 4.57 Å². The predicted molar refractivity (Wildman–Crippen MR) is 103 cm³/mol. The molecule has 2 aromatic rings. The number of carbonyl (C=O) groups is 1. The van der Waals surface area contributed by atoms with Gasteiger partial charge in [0, 0.05) is 17.8 Å². The van der Waals surface area contributed by atoms with E-state index in [-0.39, 0.29) is 5.56 Å². The topological polar surface area (TPSA) is 62.9 Å². The van der Waals surface area contributed by atoms with Crippen LogP contribution in [0.4, 0.5) is 0 Å². The average molecular weight is 344 g/mol. The molecule has 0 fully saturated rings.